The van der Waals surface area contributed by atoms with E-state index in [0.29, 0.717) is 0 Å². The second-order valence-corrected chi connectivity index (χ2v) is 16.3. The molecule has 2 rings (SSSR count). The summed E-state index contributed by atoms with van der Waals surface area (Å²) < 4.78 is 47.4. The maximum Gasteiger partial charge on any atom is 0.408 e. The molecule has 0 fully saturated rings. The summed E-state index contributed by atoms with van der Waals surface area (Å²) >= 11 is 0. The number of benzene rings is 2. The molecule has 0 aliphatic carbocycles. The van der Waals surface area contributed by atoms with Gasteiger partial charge in [-0.2, -0.15) is 8.42 Å². The van der Waals surface area contributed by atoms with Crippen LogP contribution in [0, 0.1) is 18.8 Å². The number of ether oxygens (including phenoxy) is 3. The molecule has 54 heavy (non-hydrogen) atoms. The SMILES string of the molecule is CCCCCCCCCCCCCCCCCC(=O)OC[C@H](CCOC(=O)[C@@H](NC(=O)OCc1ccccc1)C(C)C)COS(=O)(=O)c1ccc(C)cc1. The van der Waals surface area contributed by atoms with Crippen LogP contribution >= 0.6 is 0 Å². The number of amides is 1. The molecule has 304 valence electrons. The highest BCUT2D eigenvalue weighted by atomic mass is 32.2. The number of hydrogen-bond donors (Lipinski definition) is 1. The van der Waals surface area contributed by atoms with E-state index in [-0.39, 0.29) is 56.1 Å². The van der Waals surface area contributed by atoms with E-state index in [1.54, 1.807) is 26.0 Å². The van der Waals surface area contributed by atoms with Gasteiger partial charge in [0, 0.05) is 12.3 Å². The first-order valence-electron chi connectivity index (χ1n) is 20.3. The van der Waals surface area contributed by atoms with Crippen LogP contribution in [0.25, 0.3) is 0 Å². The van der Waals surface area contributed by atoms with Crippen molar-refractivity contribution >= 4 is 28.1 Å². The molecule has 2 aromatic rings. The zero-order valence-corrected chi connectivity index (χ0v) is 34.2. The third kappa shape index (κ3) is 21.4. The van der Waals surface area contributed by atoms with Gasteiger partial charge in [-0.25, -0.2) is 9.59 Å². The lowest BCUT2D eigenvalue weighted by atomic mass is 10.0. The molecule has 2 atom stereocenters. The van der Waals surface area contributed by atoms with Crippen molar-refractivity contribution in [3.05, 3.63) is 65.7 Å². The Hall–Kier alpha value is -3.44. The van der Waals surface area contributed by atoms with Gasteiger partial charge in [0.25, 0.3) is 10.1 Å². The highest BCUT2D eigenvalue weighted by Crippen LogP contribution is 2.18. The third-order valence-corrected chi connectivity index (χ3v) is 10.7. The third-order valence-electron chi connectivity index (χ3n) is 9.41. The molecule has 0 aromatic heterocycles. The number of nitrogens with one attached hydrogen (secondary N) is 1. The number of hydrogen-bond acceptors (Lipinski definition) is 9. The second kappa shape index (κ2) is 28.0. The Labute approximate surface area is 325 Å². The van der Waals surface area contributed by atoms with Crippen molar-refractivity contribution in [1.29, 1.82) is 0 Å². The maximum absolute atomic E-state index is 13.0. The predicted molar refractivity (Wildman–Crippen MR) is 212 cm³/mol. The van der Waals surface area contributed by atoms with Crippen LogP contribution < -0.4 is 5.32 Å². The second-order valence-electron chi connectivity index (χ2n) is 14.7. The van der Waals surface area contributed by atoms with E-state index in [2.05, 4.69) is 12.2 Å². The lowest BCUT2D eigenvalue weighted by molar-refractivity contribution is -0.150. The van der Waals surface area contributed by atoms with Crippen LogP contribution in [-0.2, 0) is 44.7 Å². The number of esters is 2. The molecular weight excluding hydrogens is 707 g/mol. The summed E-state index contributed by atoms with van der Waals surface area (Å²) in [6.45, 7) is 7.25. The summed E-state index contributed by atoms with van der Waals surface area (Å²) in [5, 5.41) is 2.58. The van der Waals surface area contributed by atoms with Crippen LogP contribution in [0.5, 0.6) is 0 Å². The fraction of sp³-hybridized carbons (Fsp3) is 0.651. The smallest absolute Gasteiger partial charge is 0.408 e. The Morgan fingerprint density at radius 2 is 1.24 bits per heavy atom. The van der Waals surface area contributed by atoms with Gasteiger partial charge < -0.3 is 19.5 Å². The number of alkyl carbamates (subject to hydrolysis) is 1. The Kier molecular flexibility index (Phi) is 24.3. The van der Waals surface area contributed by atoms with Crippen molar-refractivity contribution in [1.82, 2.24) is 5.32 Å². The van der Waals surface area contributed by atoms with Gasteiger partial charge in [0.1, 0.15) is 12.6 Å². The average Bonchev–Trinajstić information content (AvgIpc) is 3.15. The summed E-state index contributed by atoms with van der Waals surface area (Å²) in [7, 11) is -4.06. The highest BCUT2D eigenvalue weighted by molar-refractivity contribution is 7.86. The molecule has 1 amide bonds. The van der Waals surface area contributed by atoms with E-state index >= 15 is 0 Å². The van der Waals surface area contributed by atoms with Crippen molar-refractivity contribution in [3.63, 3.8) is 0 Å². The fourth-order valence-electron chi connectivity index (χ4n) is 5.90. The molecule has 0 bridgehead atoms. The van der Waals surface area contributed by atoms with Gasteiger partial charge in [-0.05, 0) is 43.4 Å². The van der Waals surface area contributed by atoms with E-state index < -0.39 is 34.1 Å². The molecule has 11 heteroatoms. The first-order chi connectivity index (χ1) is 26.0. The van der Waals surface area contributed by atoms with Crippen molar-refractivity contribution in [2.24, 2.45) is 11.8 Å². The number of carbonyl (C=O) groups is 3. The minimum absolute atomic E-state index is 0.0217. The molecule has 0 aliphatic rings. The quantitative estimate of drug-likeness (QED) is 0.0356. The first-order valence-corrected chi connectivity index (χ1v) is 21.7. The average molecular weight is 774 g/mol. The van der Waals surface area contributed by atoms with Gasteiger partial charge in [-0.15, -0.1) is 0 Å². The molecule has 0 aliphatic heterocycles. The molecule has 0 unspecified atom stereocenters. The molecule has 0 saturated heterocycles. The molecule has 0 spiro atoms. The molecule has 0 saturated carbocycles. The molecule has 0 heterocycles. The Morgan fingerprint density at radius 1 is 0.685 bits per heavy atom. The Morgan fingerprint density at radius 3 is 1.80 bits per heavy atom. The van der Waals surface area contributed by atoms with E-state index in [0.717, 1.165) is 30.4 Å². The van der Waals surface area contributed by atoms with E-state index in [1.807, 2.05) is 37.3 Å². The van der Waals surface area contributed by atoms with Crippen LogP contribution in [0.2, 0.25) is 0 Å². The zero-order valence-electron chi connectivity index (χ0n) is 33.4. The molecule has 2 aromatic carbocycles. The molecule has 0 radical (unpaired) electrons. The van der Waals surface area contributed by atoms with Gasteiger partial charge in [0.05, 0.1) is 24.7 Å². The van der Waals surface area contributed by atoms with Crippen LogP contribution in [0.15, 0.2) is 59.5 Å². The van der Waals surface area contributed by atoms with Crippen LogP contribution in [0.1, 0.15) is 141 Å². The number of aryl methyl sites for hydroxylation is 1. The van der Waals surface area contributed by atoms with Crippen molar-refractivity contribution in [2.75, 3.05) is 19.8 Å². The van der Waals surface area contributed by atoms with Crippen LogP contribution in [0.4, 0.5) is 4.79 Å². The molecule has 10 nitrogen and oxygen atoms in total. The van der Waals surface area contributed by atoms with E-state index in [9.17, 15) is 22.8 Å². The van der Waals surface area contributed by atoms with Crippen LogP contribution in [-0.4, -0.2) is 52.3 Å². The Balaban J connectivity index is 1.76. The van der Waals surface area contributed by atoms with E-state index in [4.69, 9.17) is 18.4 Å². The zero-order chi connectivity index (χ0) is 39.4. The topological polar surface area (TPSA) is 134 Å². The van der Waals surface area contributed by atoms with Gasteiger partial charge in [0.15, 0.2) is 0 Å². The summed E-state index contributed by atoms with van der Waals surface area (Å²) in [5.74, 6) is -1.87. The van der Waals surface area contributed by atoms with Crippen molar-refractivity contribution in [2.45, 2.75) is 154 Å². The minimum atomic E-state index is -4.06. The minimum Gasteiger partial charge on any atom is -0.465 e. The van der Waals surface area contributed by atoms with Gasteiger partial charge in [0.2, 0.25) is 0 Å². The first kappa shape index (κ1) is 46.7. The van der Waals surface area contributed by atoms with E-state index in [1.165, 1.54) is 89.2 Å². The molecule has 1 N–H and O–H groups in total. The predicted octanol–water partition coefficient (Wildman–Crippen LogP) is 10.0. The summed E-state index contributed by atoms with van der Waals surface area (Å²) in [6.07, 6.45) is 18.3. The largest absolute Gasteiger partial charge is 0.465 e. The van der Waals surface area contributed by atoms with Gasteiger partial charge in [-0.3, -0.25) is 8.98 Å². The fourth-order valence-corrected chi connectivity index (χ4v) is 6.88. The monoisotopic (exact) mass is 773 g/mol. The van der Waals surface area contributed by atoms with Crippen LogP contribution in [0.3, 0.4) is 0 Å². The summed E-state index contributed by atoms with van der Waals surface area (Å²) in [4.78, 5) is 38.1. The normalized spacial score (nSPS) is 12.6. The number of unbranched alkanes of at least 4 members (excludes halogenated alkanes) is 14. The number of carbonyl (C=O) groups excluding carboxylic acids is 3. The maximum atomic E-state index is 13.0. The lowest BCUT2D eigenvalue weighted by Gasteiger charge is -2.22. The Bertz CT molecular complexity index is 1410. The van der Waals surface area contributed by atoms with Gasteiger partial charge in [-0.1, -0.05) is 159 Å². The molecular formula is C43H67NO9S. The highest BCUT2D eigenvalue weighted by Gasteiger charge is 2.27. The van der Waals surface area contributed by atoms with Crippen molar-refractivity contribution < 1.29 is 41.2 Å². The standard InChI is InChI=1S/C43H67NO9S/c1-5-6-7-8-9-10-11-12-13-14-15-16-17-18-22-25-40(45)51-33-38(34-53-54(48,49)39-28-26-36(4)27-29-39)30-31-50-42(46)41(35(2)3)44-43(47)52-32-37-23-20-19-21-24-37/h19-21,23-24,26-29,35,38,41H,5-18,22,25,30-34H2,1-4H3,(H,44,47)/t38-,41-/m0/s1. The number of rotatable bonds is 30. The lowest BCUT2D eigenvalue weighted by Crippen LogP contribution is -2.45. The summed E-state index contributed by atoms with van der Waals surface area (Å²) in [5.41, 5.74) is 1.72. The summed E-state index contributed by atoms with van der Waals surface area (Å²) in [6, 6.07) is 14.5. The van der Waals surface area contributed by atoms with Crippen molar-refractivity contribution in [3.8, 4) is 0 Å². The van der Waals surface area contributed by atoms with Gasteiger partial charge >= 0.3 is 18.0 Å².